The molecule has 0 rings (SSSR count). The highest BCUT2D eigenvalue weighted by Gasteiger charge is 1.99. The van der Waals surface area contributed by atoms with E-state index < -0.39 is 10.0 Å². The standard InChI is InChI=1S/C11H26N4O2S/c1-4-6-8-13-11(12-5-2)14-9-7-10-15-18(3,16)17/h15H,4-10H2,1-3H3,(H2,12,13,14). The molecule has 0 amide bonds. The molecule has 6 nitrogen and oxygen atoms in total. The maximum atomic E-state index is 10.8. The van der Waals surface area contributed by atoms with Gasteiger partial charge in [0.05, 0.1) is 6.26 Å². The van der Waals surface area contributed by atoms with Gasteiger partial charge < -0.3 is 10.6 Å². The minimum Gasteiger partial charge on any atom is -0.357 e. The molecule has 3 N–H and O–H groups in total. The van der Waals surface area contributed by atoms with Gasteiger partial charge in [-0.15, -0.1) is 0 Å². The molecule has 18 heavy (non-hydrogen) atoms. The molecule has 0 saturated heterocycles. The van der Waals surface area contributed by atoms with Crippen molar-refractivity contribution in [2.45, 2.75) is 33.1 Å². The first-order valence-corrected chi connectivity index (χ1v) is 8.35. The van der Waals surface area contributed by atoms with Gasteiger partial charge in [-0.05, 0) is 19.8 Å². The number of nitrogens with one attached hydrogen (secondary N) is 3. The normalized spacial score (nSPS) is 12.5. The van der Waals surface area contributed by atoms with Gasteiger partial charge >= 0.3 is 0 Å². The first-order chi connectivity index (χ1) is 8.49. The summed E-state index contributed by atoms with van der Waals surface area (Å²) in [6.07, 6.45) is 4.11. The highest BCUT2D eigenvalue weighted by Crippen LogP contribution is 1.85. The summed E-state index contributed by atoms with van der Waals surface area (Å²) in [7, 11) is -3.08. The predicted octanol–water partition coefficient (Wildman–Crippen LogP) is 0.281. The lowest BCUT2D eigenvalue weighted by atomic mass is 10.3. The molecule has 0 aromatic heterocycles. The highest BCUT2D eigenvalue weighted by atomic mass is 32.2. The van der Waals surface area contributed by atoms with Crippen molar-refractivity contribution >= 4 is 16.0 Å². The summed E-state index contributed by atoms with van der Waals surface area (Å²) in [5, 5.41) is 6.38. The highest BCUT2D eigenvalue weighted by molar-refractivity contribution is 7.88. The maximum absolute atomic E-state index is 10.8. The van der Waals surface area contributed by atoms with E-state index >= 15 is 0 Å². The zero-order chi connectivity index (χ0) is 13.9. The van der Waals surface area contributed by atoms with Crippen LogP contribution in [0.4, 0.5) is 0 Å². The fourth-order valence-corrected chi connectivity index (χ4v) is 1.77. The molecule has 0 atom stereocenters. The van der Waals surface area contributed by atoms with Gasteiger partial charge in [-0.1, -0.05) is 13.3 Å². The molecular formula is C11H26N4O2S. The van der Waals surface area contributed by atoms with Crippen molar-refractivity contribution < 1.29 is 8.42 Å². The Hall–Kier alpha value is -0.820. The third-order valence-electron chi connectivity index (χ3n) is 2.14. The summed E-state index contributed by atoms with van der Waals surface area (Å²) in [6.45, 7) is 6.91. The lowest BCUT2D eigenvalue weighted by Crippen LogP contribution is -2.38. The van der Waals surface area contributed by atoms with E-state index in [0.29, 0.717) is 19.5 Å². The van der Waals surface area contributed by atoms with Crippen LogP contribution in [-0.4, -0.2) is 46.8 Å². The van der Waals surface area contributed by atoms with E-state index in [0.717, 1.165) is 38.1 Å². The molecule has 0 heterocycles. The molecule has 0 spiro atoms. The topological polar surface area (TPSA) is 82.6 Å². The van der Waals surface area contributed by atoms with E-state index in [2.05, 4.69) is 27.3 Å². The molecule has 0 aromatic rings. The van der Waals surface area contributed by atoms with Crippen LogP contribution in [0.3, 0.4) is 0 Å². The number of nitrogens with zero attached hydrogens (tertiary/aromatic N) is 1. The molecule has 108 valence electrons. The van der Waals surface area contributed by atoms with Crippen LogP contribution in [0.25, 0.3) is 0 Å². The van der Waals surface area contributed by atoms with Crippen molar-refractivity contribution in [2.24, 2.45) is 4.99 Å². The second-order valence-corrected chi connectivity index (χ2v) is 5.89. The Kier molecular flexibility index (Phi) is 9.67. The number of sulfonamides is 1. The Morgan fingerprint density at radius 2 is 1.83 bits per heavy atom. The van der Waals surface area contributed by atoms with E-state index in [1.165, 1.54) is 0 Å². The fraction of sp³-hybridized carbons (Fsp3) is 0.909. The summed E-state index contributed by atoms with van der Waals surface area (Å²) >= 11 is 0. The van der Waals surface area contributed by atoms with Crippen molar-refractivity contribution in [3.63, 3.8) is 0 Å². The summed E-state index contributed by atoms with van der Waals surface area (Å²) in [4.78, 5) is 4.36. The van der Waals surface area contributed by atoms with Crippen LogP contribution >= 0.6 is 0 Å². The Labute approximate surface area is 111 Å². The lowest BCUT2D eigenvalue weighted by molar-refractivity contribution is 0.585. The molecule has 0 aromatic carbocycles. The van der Waals surface area contributed by atoms with E-state index in [1.807, 2.05) is 6.92 Å². The minimum atomic E-state index is -3.08. The Morgan fingerprint density at radius 3 is 2.39 bits per heavy atom. The van der Waals surface area contributed by atoms with Crippen molar-refractivity contribution in [3.05, 3.63) is 0 Å². The molecule has 0 aliphatic rings. The van der Waals surface area contributed by atoms with Crippen molar-refractivity contribution in [1.29, 1.82) is 0 Å². The number of aliphatic imine (C=N–C) groups is 1. The number of guanidine groups is 1. The van der Waals surface area contributed by atoms with E-state index in [9.17, 15) is 8.42 Å². The lowest BCUT2D eigenvalue weighted by Gasteiger charge is -2.10. The van der Waals surface area contributed by atoms with Crippen LogP contribution < -0.4 is 15.4 Å². The molecule has 0 saturated carbocycles. The Bertz CT molecular complexity index is 328. The number of hydrogen-bond acceptors (Lipinski definition) is 3. The minimum absolute atomic E-state index is 0.427. The summed E-state index contributed by atoms with van der Waals surface area (Å²) in [5.74, 6) is 0.797. The van der Waals surface area contributed by atoms with Gasteiger partial charge in [0.1, 0.15) is 0 Å². The molecule has 0 aliphatic heterocycles. The van der Waals surface area contributed by atoms with E-state index in [1.54, 1.807) is 0 Å². The van der Waals surface area contributed by atoms with Crippen LogP contribution in [0.2, 0.25) is 0 Å². The second kappa shape index (κ2) is 10.1. The third kappa shape index (κ3) is 11.7. The zero-order valence-electron chi connectivity index (χ0n) is 11.6. The van der Waals surface area contributed by atoms with Gasteiger partial charge in [0.25, 0.3) is 0 Å². The van der Waals surface area contributed by atoms with E-state index in [-0.39, 0.29) is 0 Å². The molecule has 7 heteroatoms. The van der Waals surface area contributed by atoms with Crippen molar-refractivity contribution in [3.8, 4) is 0 Å². The van der Waals surface area contributed by atoms with Crippen molar-refractivity contribution in [2.75, 3.05) is 32.4 Å². The molecule has 0 aliphatic carbocycles. The number of hydrogen-bond donors (Lipinski definition) is 3. The van der Waals surface area contributed by atoms with Gasteiger partial charge in [0.2, 0.25) is 10.0 Å². The van der Waals surface area contributed by atoms with Crippen LogP contribution in [0, 0.1) is 0 Å². The van der Waals surface area contributed by atoms with Crippen LogP contribution in [0.15, 0.2) is 4.99 Å². The molecule has 0 radical (unpaired) electrons. The Morgan fingerprint density at radius 1 is 1.11 bits per heavy atom. The van der Waals surface area contributed by atoms with Crippen LogP contribution in [0.1, 0.15) is 33.1 Å². The van der Waals surface area contributed by atoms with Crippen LogP contribution in [-0.2, 0) is 10.0 Å². The smallest absolute Gasteiger partial charge is 0.208 e. The van der Waals surface area contributed by atoms with Crippen LogP contribution in [0.5, 0.6) is 0 Å². The predicted molar refractivity (Wildman–Crippen MR) is 76.4 cm³/mol. The average molecular weight is 278 g/mol. The van der Waals surface area contributed by atoms with Gasteiger partial charge in [0, 0.05) is 26.2 Å². The largest absolute Gasteiger partial charge is 0.357 e. The third-order valence-corrected chi connectivity index (χ3v) is 2.86. The number of unbranched alkanes of at least 4 members (excludes halogenated alkanes) is 1. The van der Waals surface area contributed by atoms with Gasteiger partial charge in [-0.25, -0.2) is 13.1 Å². The van der Waals surface area contributed by atoms with Gasteiger partial charge in [-0.3, -0.25) is 4.99 Å². The molecular weight excluding hydrogens is 252 g/mol. The quantitative estimate of drug-likeness (QED) is 0.321. The SMILES string of the molecule is CCCCNC(=NCCCNS(C)(=O)=O)NCC. The summed E-state index contributed by atoms with van der Waals surface area (Å²) in [5.41, 5.74) is 0. The fourth-order valence-electron chi connectivity index (χ4n) is 1.25. The zero-order valence-corrected chi connectivity index (χ0v) is 12.4. The average Bonchev–Trinajstić information content (AvgIpc) is 2.27. The first kappa shape index (κ1) is 17.2. The number of rotatable bonds is 9. The first-order valence-electron chi connectivity index (χ1n) is 6.46. The monoisotopic (exact) mass is 278 g/mol. The van der Waals surface area contributed by atoms with E-state index in [4.69, 9.17) is 0 Å². The Balaban J connectivity index is 3.85. The van der Waals surface area contributed by atoms with Gasteiger partial charge in [-0.2, -0.15) is 0 Å². The molecule has 0 fully saturated rings. The summed E-state index contributed by atoms with van der Waals surface area (Å²) < 4.78 is 24.1. The maximum Gasteiger partial charge on any atom is 0.208 e. The van der Waals surface area contributed by atoms with Crippen molar-refractivity contribution in [1.82, 2.24) is 15.4 Å². The summed E-state index contributed by atoms with van der Waals surface area (Å²) in [6, 6.07) is 0. The molecule has 0 unspecified atom stereocenters. The second-order valence-electron chi connectivity index (χ2n) is 4.06. The molecule has 0 bridgehead atoms. The van der Waals surface area contributed by atoms with Gasteiger partial charge in [0.15, 0.2) is 5.96 Å².